The van der Waals surface area contributed by atoms with Crippen molar-refractivity contribution < 1.29 is 23.8 Å². The molecule has 0 bridgehead atoms. The smallest absolute Gasteiger partial charge is 0.407 e. The summed E-state index contributed by atoms with van der Waals surface area (Å²) in [6.07, 6.45) is -0.492. The van der Waals surface area contributed by atoms with E-state index in [1.807, 2.05) is 30.3 Å². The first-order chi connectivity index (χ1) is 15.2. The number of carbonyl (C=O) groups excluding carboxylic acids is 2. The van der Waals surface area contributed by atoms with E-state index >= 15 is 0 Å². The lowest BCUT2D eigenvalue weighted by Crippen LogP contribution is -2.40. The Labute approximate surface area is 193 Å². The molecule has 2 aromatic rings. The van der Waals surface area contributed by atoms with Crippen LogP contribution in [0.25, 0.3) is 11.1 Å². The molecule has 1 N–H and O–H groups in total. The maximum Gasteiger partial charge on any atom is 0.407 e. The molecule has 8 heteroatoms. The number of amides is 2. The van der Waals surface area contributed by atoms with E-state index < -0.39 is 11.7 Å². The van der Waals surface area contributed by atoms with Gasteiger partial charge in [0.15, 0.2) is 0 Å². The van der Waals surface area contributed by atoms with Crippen LogP contribution in [-0.4, -0.2) is 62.0 Å². The van der Waals surface area contributed by atoms with Crippen LogP contribution in [0.5, 0.6) is 5.75 Å². The van der Waals surface area contributed by atoms with Gasteiger partial charge >= 0.3 is 6.09 Å². The van der Waals surface area contributed by atoms with Gasteiger partial charge in [-0.05, 0) is 56.2 Å². The minimum atomic E-state index is -0.547. The zero-order chi connectivity index (χ0) is 23.1. The van der Waals surface area contributed by atoms with Crippen molar-refractivity contribution in [3.8, 4) is 16.9 Å². The van der Waals surface area contributed by atoms with Gasteiger partial charge in [0.2, 0.25) is 0 Å². The van der Waals surface area contributed by atoms with Crippen molar-refractivity contribution in [3.63, 3.8) is 0 Å². The van der Waals surface area contributed by atoms with Gasteiger partial charge in [0, 0.05) is 18.7 Å². The molecule has 1 aliphatic rings. The topological polar surface area (TPSA) is 77.1 Å². The van der Waals surface area contributed by atoms with Crippen molar-refractivity contribution in [2.45, 2.75) is 26.4 Å². The Morgan fingerprint density at radius 3 is 2.50 bits per heavy atom. The van der Waals surface area contributed by atoms with Crippen molar-refractivity contribution in [1.29, 1.82) is 0 Å². The highest BCUT2D eigenvalue weighted by Crippen LogP contribution is 2.31. The van der Waals surface area contributed by atoms with E-state index in [1.54, 1.807) is 37.8 Å². The Balaban J connectivity index is 1.59. The monoisotopic (exact) mass is 460 g/mol. The summed E-state index contributed by atoms with van der Waals surface area (Å²) in [5, 5.41) is 3.09. The number of halogens is 1. The molecule has 32 heavy (non-hydrogen) atoms. The van der Waals surface area contributed by atoms with E-state index in [2.05, 4.69) is 5.32 Å². The molecule has 0 saturated carbocycles. The van der Waals surface area contributed by atoms with Crippen LogP contribution < -0.4 is 10.1 Å². The summed E-state index contributed by atoms with van der Waals surface area (Å²) in [4.78, 5) is 26.2. The van der Waals surface area contributed by atoms with Crippen LogP contribution in [0.3, 0.4) is 0 Å². The summed E-state index contributed by atoms with van der Waals surface area (Å²) in [5.41, 5.74) is 1.86. The molecule has 2 aromatic carbocycles. The van der Waals surface area contributed by atoms with Crippen LogP contribution in [0.15, 0.2) is 42.5 Å². The van der Waals surface area contributed by atoms with Gasteiger partial charge in [-0.15, -0.1) is 0 Å². The first-order valence-electron chi connectivity index (χ1n) is 10.6. The SMILES string of the molecule is CC(C)(C)OC(=O)NCCOc1ccc(-c2cccc(C(=O)N3CCOCC3)c2)cc1Cl. The molecule has 1 aliphatic heterocycles. The second kappa shape index (κ2) is 10.7. The largest absolute Gasteiger partial charge is 0.490 e. The summed E-state index contributed by atoms with van der Waals surface area (Å²) in [6, 6.07) is 13.0. The number of morpholine rings is 1. The highest BCUT2D eigenvalue weighted by Gasteiger charge is 2.19. The first-order valence-corrected chi connectivity index (χ1v) is 11.0. The summed E-state index contributed by atoms with van der Waals surface area (Å²) in [7, 11) is 0. The average Bonchev–Trinajstić information content (AvgIpc) is 2.76. The highest BCUT2D eigenvalue weighted by atomic mass is 35.5. The number of nitrogens with one attached hydrogen (secondary N) is 1. The van der Waals surface area contributed by atoms with Crippen LogP contribution >= 0.6 is 11.6 Å². The maximum atomic E-state index is 12.8. The van der Waals surface area contributed by atoms with Gasteiger partial charge in [-0.1, -0.05) is 29.8 Å². The highest BCUT2D eigenvalue weighted by molar-refractivity contribution is 6.32. The minimum absolute atomic E-state index is 0.00122. The first kappa shape index (κ1) is 23.9. The van der Waals surface area contributed by atoms with Gasteiger partial charge in [0.05, 0.1) is 24.8 Å². The third-order valence-electron chi connectivity index (χ3n) is 4.70. The molecule has 3 rings (SSSR count). The van der Waals surface area contributed by atoms with Crippen LogP contribution in [0.1, 0.15) is 31.1 Å². The summed E-state index contributed by atoms with van der Waals surface area (Å²) < 4.78 is 16.2. The van der Waals surface area contributed by atoms with E-state index in [-0.39, 0.29) is 12.5 Å². The van der Waals surface area contributed by atoms with Crippen LogP contribution in [0.2, 0.25) is 5.02 Å². The average molecular weight is 461 g/mol. The zero-order valence-electron chi connectivity index (χ0n) is 18.7. The van der Waals surface area contributed by atoms with Crippen molar-refractivity contribution in [2.24, 2.45) is 0 Å². The lowest BCUT2D eigenvalue weighted by molar-refractivity contribution is 0.0303. The van der Waals surface area contributed by atoms with Gasteiger partial charge < -0.3 is 24.4 Å². The minimum Gasteiger partial charge on any atom is -0.490 e. The fraction of sp³-hybridized carbons (Fsp3) is 0.417. The molecule has 0 aliphatic carbocycles. The molecule has 0 radical (unpaired) electrons. The van der Waals surface area contributed by atoms with E-state index in [4.69, 9.17) is 25.8 Å². The van der Waals surface area contributed by atoms with Crippen molar-refractivity contribution in [2.75, 3.05) is 39.5 Å². The second-order valence-electron chi connectivity index (χ2n) is 8.41. The molecule has 1 fully saturated rings. The predicted octanol–water partition coefficient (Wildman–Crippen LogP) is 4.38. The number of rotatable bonds is 6. The van der Waals surface area contributed by atoms with E-state index in [9.17, 15) is 9.59 Å². The molecule has 172 valence electrons. The Hall–Kier alpha value is -2.77. The van der Waals surface area contributed by atoms with Crippen LogP contribution in [0, 0.1) is 0 Å². The van der Waals surface area contributed by atoms with Crippen molar-refractivity contribution in [1.82, 2.24) is 10.2 Å². The molecule has 0 aromatic heterocycles. The van der Waals surface area contributed by atoms with Crippen molar-refractivity contribution in [3.05, 3.63) is 53.1 Å². The molecule has 1 saturated heterocycles. The normalized spacial score (nSPS) is 14.1. The molecule has 0 spiro atoms. The summed E-state index contributed by atoms with van der Waals surface area (Å²) in [6.45, 7) is 8.29. The maximum absolute atomic E-state index is 12.8. The molecular weight excluding hydrogens is 432 g/mol. The quantitative estimate of drug-likeness (QED) is 0.647. The lowest BCUT2D eigenvalue weighted by atomic mass is 10.0. The number of hydrogen-bond donors (Lipinski definition) is 1. The van der Waals surface area contributed by atoms with Gasteiger partial charge in [0.25, 0.3) is 5.91 Å². The van der Waals surface area contributed by atoms with Gasteiger partial charge in [-0.3, -0.25) is 4.79 Å². The van der Waals surface area contributed by atoms with Gasteiger partial charge in [0.1, 0.15) is 18.0 Å². The Kier molecular flexibility index (Phi) is 7.99. The Bertz CT molecular complexity index is 952. The summed E-state index contributed by atoms with van der Waals surface area (Å²) in [5.74, 6) is 0.514. The number of benzene rings is 2. The molecule has 7 nitrogen and oxygen atoms in total. The third-order valence-corrected chi connectivity index (χ3v) is 5.00. The predicted molar refractivity (Wildman–Crippen MR) is 123 cm³/mol. The standard InChI is InChI=1S/C24H29ClN2O5/c1-24(2,3)32-23(29)26-9-12-31-21-8-7-18(16-20(21)25)17-5-4-6-19(15-17)22(28)27-10-13-30-14-11-27/h4-8,15-16H,9-14H2,1-3H3,(H,26,29). The van der Waals surface area contributed by atoms with E-state index in [0.29, 0.717) is 49.2 Å². The Morgan fingerprint density at radius 2 is 1.81 bits per heavy atom. The number of ether oxygens (including phenoxy) is 3. The second-order valence-corrected chi connectivity index (χ2v) is 8.81. The van der Waals surface area contributed by atoms with Crippen LogP contribution in [-0.2, 0) is 9.47 Å². The lowest BCUT2D eigenvalue weighted by Gasteiger charge is -2.27. The zero-order valence-corrected chi connectivity index (χ0v) is 19.4. The van der Waals surface area contributed by atoms with Crippen molar-refractivity contribution >= 4 is 23.6 Å². The number of carbonyl (C=O) groups is 2. The van der Waals surface area contributed by atoms with E-state index in [1.165, 1.54) is 0 Å². The fourth-order valence-corrected chi connectivity index (χ4v) is 3.44. The van der Waals surface area contributed by atoms with Gasteiger partial charge in [-0.25, -0.2) is 4.79 Å². The Morgan fingerprint density at radius 1 is 1.09 bits per heavy atom. The summed E-state index contributed by atoms with van der Waals surface area (Å²) >= 11 is 6.41. The fourth-order valence-electron chi connectivity index (χ4n) is 3.21. The number of nitrogens with zero attached hydrogens (tertiary/aromatic N) is 1. The third kappa shape index (κ3) is 6.87. The molecule has 0 atom stereocenters. The van der Waals surface area contributed by atoms with Gasteiger partial charge in [-0.2, -0.15) is 0 Å². The van der Waals surface area contributed by atoms with E-state index in [0.717, 1.165) is 11.1 Å². The molecule has 0 unspecified atom stereocenters. The van der Waals surface area contributed by atoms with Crippen LogP contribution in [0.4, 0.5) is 4.79 Å². The molecular formula is C24H29ClN2O5. The molecule has 2 amide bonds. The number of alkyl carbamates (subject to hydrolysis) is 1. The molecule has 1 heterocycles. The number of hydrogen-bond acceptors (Lipinski definition) is 5.